The maximum Gasteiger partial charge on any atom is 0.407 e. The van der Waals surface area contributed by atoms with Crippen LogP contribution in [0.5, 0.6) is 5.75 Å². The van der Waals surface area contributed by atoms with Crippen LogP contribution in [0.1, 0.15) is 66.5 Å². The third kappa shape index (κ3) is 14.5. The minimum atomic E-state index is -1.80. The predicted molar refractivity (Wildman–Crippen MR) is 293 cm³/mol. The number of unbranched alkanes of at least 4 members (excludes halogenated alkanes) is 1. The molecule has 7 atom stereocenters. The molecule has 0 aliphatic carbocycles. The SMILES string of the molecule is CC1(Cc2c[nH]c3ccccc23)NC(=O)C(c2ccccc2)NC(=O)C2C[C@@H](OC(=O)NCCN)CN2C(=O)C(Cc2ccccc2)NC(=O)C(Cc2ccc(OCc3ccccc3)cc2)NC(=O)C(CCCCN)NC1=O. The van der Waals surface area contributed by atoms with Gasteiger partial charge >= 0.3 is 6.09 Å². The molecule has 2 fully saturated rings. The Hall–Kier alpha value is -8.55. The van der Waals surface area contributed by atoms with E-state index in [-0.39, 0.29) is 51.7 Å². The van der Waals surface area contributed by atoms with E-state index in [0.29, 0.717) is 54.0 Å². The van der Waals surface area contributed by atoms with Crippen LogP contribution in [0.25, 0.3) is 10.9 Å². The summed E-state index contributed by atoms with van der Waals surface area (Å²) in [5, 5.41) is 18.0. The molecule has 19 heteroatoms. The lowest BCUT2D eigenvalue weighted by molar-refractivity contribution is -0.143. The number of rotatable bonds is 17. The summed E-state index contributed by atoms with van der Waals surface area (Å²) in [6.45, 7) is 2.15. The van der Waals surface area contributed by atoms with Gasteiger partial charge in [-0.15, -0.1) is 0 Å². The molecule has 6 aromatic rings. The highest BCUT2D eigenvalue weighted by Gasteiger charge is 2.46. The number of nitrogens with zero attached hydrogens (tertiary/aromatic N) is 1. The second-order valence-electron chi connectivity index (χ2n) is 19.9. The Bertz CT molecular complexity index is 3020. The summed E-state index contributed by atoms with van der Waals surface area (Å²) < 4.78 is 11.8. The summed E-state index contributed by atoms with van der Waals surface area (Å²) >= 11 is 0. The van der Waals surface area contributed by atoms with Gasteiger partial charge in [-0.1, -0.05) is 121 Å². The standard InChI is InChI=1S/C59H68N10O9/c1-59(34-42-35-63-46-22-12-11-21-45(42)46)57(75)66-47(23-13-14-28-60)52(70)64-48(31-39-24-26-43(27-25-39)77-37-40-17-7-3-8-18-40)53(71)65-49(32-38-15-5-2-6-16-38)56(74)69-36-44(78-58(76)62-30-29-61)33-50(69)54(72)67-51(55(73)68-59)41-19-9-4-10-20-41/h2-12,15-22,24-27,35,44,47-51,63H,13-14,23,28-34,36-37,60-61H2,1H3,(H,62,76)(H,64,70)(H,65,71)(H,66,75)(H,67,72)(H,68,73)/t44-,47?,48?,49?,50?,51?,59?/m1/s1. The molecule has 7 amide bonds. The molecule has 6 unspecified atom stereocenters. The summed E-state index contributed by atoms with van der Waals surface area (Å²) in [6, 6.07) is 34.9. The zero-order valence-corrected chi connectivity index (χ0v) is 43.6. The predicted octanol–water partition coefficient (Wildman–Crippen LogP) is 3.76. The molecule has 0 radical (unpaired) electrons. The number of carbonyl (C=O) groups is 7. The Kier molecular flexibility index (Phi) is 18.9. The van der Waals surface area contributed by atoms with Gasteiger partial charge in [-0.2, -0.15) is 0 Å². The van der Waals surface area contributed by atoms with Gasteiger partial charge in [-0.25, -0.2) is 4.79 Å². The summed E-state index contributed by atoms with van der Waals surface area (Å²) in [5.74, 6) is -3.81. The fourth-order valence-electron chi connectivity index (χ4n) is 9.89. The number of para-hydroxylation sites is 1. The monoisotopic (exact) mass is 1060 g/mol. The number of hydrogen-bond donors (Lipinski definition) is 9. The van der Waals surface area contributed by atoms with E-state index in [2.05, 4.69) is 36.9 Å². The van der Waals surface area contributed by atoms with Gasteiger partial charge in [-0.05, 0) is 78.7 Å². The van der Waals surface area contributed by atoms with E-state index in [1.165, 1.54) is 4.90 Å². The number of H-pyrrole nitrogens is 1. The van der Waals surface area contributed by atoms with Crippen molar-refractivity contribution in [2.45, 2.75) is 100 Å². The zero-order valence-electron chi connectivity index (χ0n) is 43.6. The van der Waals surface area contributed by atoms with E-state index in [9.17, 15) is 9.59 Å². The van der Waals surface area contributed by atoms with Crippen LogP contribution in [0.2, 0.25) is 0 Å². The second-order valence-corrected chi connectivity index (χ2v) is 19.9. The smallest absolute Gasteiger partial charge is 0.407 e. The highest BCUT2D eigenvalue weighted by molar-refractivity contribution is 6.00. The van der Waals surface area contributed by atoms with Crippen molar-refractivity contribution in [3.8, 4) is 5.75 Å². The number of carbonyl (C=O) groups excluding carboxylic acids is 7. The lowest BCUT2D eigenvalue weighted by Crippen LogP contribution is -2.64. The second kappa shape index (κ2) is 26.5. The van der Waals surface area contributed by atoms with Crippen LogP contribution in [0, 0.1) is 0 Å². The van der Waals surface area contributed by atoms with Gasteiger partial charge < -0.3 is 62.7 Å². The van der Waals surface area contributed by atoms with Crippen LogP contribution >= 0.6 is 0 Å². The zero-order chi connectivity index (χ0) is 55.0. The first-order valence-electron chi connectivity index (χ1n) is 26.4. The molecule has 0 bridgehead atoms. The molecule has 3 heterocycles. The molecule has 408 valence electrons. The summed E-state index contributed by atoms with van der Waals surface area (Å²) in [7, 11) is 0. The van der Waals surface area contributed by atoms with Crippen molar-refractivity contribution in [3.63, 3.8) is 0 Å². The number of nitrogens with one attached hydrogen (secondary N) is 7. The van der Waals surface area contributed by atoms with E-state index in [0.717, 1.165) is 16.5 Å². The third-order valence-electron chi connectivity index (χ3n) is 14.0. The summed E-state index contributed by atoms with van der Waals surface area (Å²) in [5.41, 5.74) is 13.9. The highest BCUT2D eigenvalue weighted by atomic mass is 16.6. The Morgan fingerprint density at radius 2 is 1.29 bits per heavy atom. The maximum atomic E-state index is 15.3. The molecular weight excluding hydrogens is 993 g/mol. The largest absolute Gasteiger partial charge is 0.489 e. The number of alkyl carbamates (subject to hydrolysis) is 1. The van der Waals surface area contributed by atoms with Gasteiger partial charge in [0.15, 0.2) is 0 Å². The Morgan fingerprint density at radius 3 is 2.00 bits per heavy atom. The molecule has 5 aromatic carbocycles. The molecule has 2 aliphatic rings. The molecule has 8 rings (SSSR count). The first kappa shape index (κ1) is 55.7. The van der Waals surface area contributed by atoms with E-state index in [1.807, 2.05) is 60.7 Å². The Labute approximate surface area is 452 Å². The number of aromatic amines is 1. The third-order valence-corrected chi connectivity index (χ3v) is 14.0. The van der Waals surface area contributed by atoms with Crippen LogP contribution < -0.4 is 48.1 Å². The van der Waals surface area contributed by atoms with E-state index < -0.39 is 83.4 Å². The van der Waals surface area contributed by atoms with Gasteiger partial charge in [-0.3, -0.25) is 28.8 Å². The van der Waals surface area contributed by atoms with Crippen molar-refractivity contribution in [2.75, 3.05) is 26.2 Å². The quantitative estimate of drug-likeness (QED) is 0.0594. The van der Waals surface area contributed by atoms with Gasteiger partial charge in [0.1, 0.15) is 54.2 Å². The summed E-state index contributed by atoms with van der Waals surface area (Å²) in [4.78, 5) is 108. The van der Waals surface area contributed by atoms with Crippen LogP contribution in [0.15, 0.2) is 146 Å². The minimum Gasteiger partial charge on any atom is -0.489 e. The van der Waals surface area contributed by atoms with Crippen molar-refractivity contribution >= 4 is 52.4 Å². The van der Waals surface area contributed by atoms with Crippen molar-refractivity contribution in [1.29, 1.82) is 0 Å². The number of ether oxygens (including phenoxy) is 2. The molecule has 11 N–H and O–H groups in total. The molecule has 0 saturated carbocycles. The Balaban J connectivity index is 1.21. The topological polar surface area (TPSA) is 281 Å². The Morgan fingerprint density at radius 1 is 0.667 bits per heavy atom. The van der Waals surface area contributed by atoms with Crippen molar-refractivity contribution in [1.82, 2.24) is 41.8 Å². The lowest BCUT2D eigenvalue weighted by atomic mass is 9.89. The number of aromatic nitrogens is 1. The van der Waals surface area contributed by atoms with Crippen LogP contribution in [-0.2, 0) is 59.4 Å². The minimum absolute atomic E-state index is 0.0469. The molecule has 78 heavy (non-hydrogen) atoms. The number of benzene rings is 5. The van der Waals surface area contributed by atoms with Crippen LogP contribution in [-0.4, -0.2) is 113 Å². The first-order valence-corrected chi connectivity index (χ1v) is 26.4. The van der Waals surface area contributed by atoms with E-state index in [1.54, 1.807) is 92.0 Å². The lowest BCUT2D eigenvalue weighted by Gasteiger charge is -2.35. The molecule has 19 nitrogen and oxygen atoms in total. The number of amides is 7. The van der Waals surface area contributed by atoms with Crippen molar-refractivity contribution in [2.24, 2.45) is 11.5 Å². The molecule has 1 aromatic heterocycles. The van der Waals surface area contributed by atoms with Gasteiger partial charge in [0.05, 0.1) is 6.54 Å². The van der Waals surface area contributed by atoms with E-state index in [4.69, 9.17) is 20.9 Å². The van der Waals surface area contributed by atoms with Gasteiger partial charge in [0.25, 0.3) is 0 Å². The highest BCUT2D eigenvalue weighted by Crippen LogP contribution is 2.28. The van der Waals surface area contributed by atoms with E-state index >= 15 is 24.0 Å². The van der Waals surface area contributed by atoms with Crippen LogP contribution in [0.4, 0.5) is 4.79 Å². The molecular formula is C59H68N10O9. The van der Waals surface area contributed by atoms with Gasteiger partial charge in [0, 0.05) is 55.9 Å². The number of hydrogen-bond acceptors (Lipinski definition) is 11. The number of fused-ring (bicyclic) bond motifs is 2. The molecule has 2 saturated heterocycles. The van der Waals surface area contributed by atoms with Gasteiger partial charge in [0.2, 0.25) is 35.4 Å². The molecule has 0 spiro atoms. The summed E-state index contributed by atoms with van der Waals surface area (Å²) in [6.07, 6.45) is 0.578. The average Bonchev–Trinajstić information content (AvgIpc) is 4.08. The molecule has 2 aliphatic heterocycles. The fourth-order valence-corrected chi connectivity index (χ4v) is 9.89. The number of nitrogens with two attached hydrogens (primary N) is 2. The normalized spacial score (nSPS) is 22.4. The first-order chi connectivity index (χ1) is 37.8. The average molecular weight is 1060 g/mol. The fraction of sp³-hybridized carbons (Fsp3) is 0.339. The van der Waals surface area contributed by atoms with Crippen LogP contribution in [0.3, 0.4) is 0 Å². The van der Waals surface area contributed by atoms with Crippen molar-refractivity contribution in [3.05, 3.63) is 174 Å². The van der Waals surface area contributed by atoms with Crippen molar-refractivity contribution < 1.29 is 43.0 Å². The maximum absolute atomic E-state index is 15.3.